The van der Waals surface area contributed by atoms with Crippen LogP contribution in [0.5, 0.6) is 11.5 Å². The number of phenolic OH excluding ortho intramolecular Hbond substituents is 1. The van der Waals surface area contributed by atoms with Crippen molar-refractivity contribution in [2.75, 3.05) is 12.4 Å². The molecule has 0 spiro atoms. The van der Waals surface area contributed by atoms with E-state index in [9.17, 15) is 14.3 Å². The van der Waals surface area contributed by atoms with Crippen LogP contribution in [0.15, 0.2) is 39.3 Å². The van der Waals surface area contributed by atoms with E-state index in [2.05, 4.69) is 37.2 Å². The predicted octanol–water partition coefficient (Wildman–Crippen LogP) is 4.32. The number of hydrogen-bond donors (Lipinski definition) is 2. The molecule has 0 saturated carbocycles. The lowest BCUT2D eigenvalue weighted by Crippen LogP contribution is -2.13. The first kappa shape index (κ1) is 15.8. The highest BCUT2D eigenvalue weighted by atomic mass is 79.9. The Labute approximate surface area is 137 Å². The van der Waals surface area contributed by atoms with Crippen molar-refractivity contribution in [3.8, 4) is 11.5 Å². The van der Waals surface area contributed by atoms with Crippen molar-refractivity contribution in [1.82, 2.24) is 0 Å². The van der Waals surface area contributed by atoms with Crippen molar-refractivity contribution in [3.63, 3.8) is 0 Å². The number of hydrogen-bond acceptors (Lipinski definition) is 3. The molecular formula is C14H10Br2FNO3. The Hall–Kier alpha value is -1.60. The summed E-state index contributed by atoms with van der Waals surface area (Å²) in [7, 11) is 1.50. The average Bonchev–Trinajstić information content (AvgIpc) is 2.44. The van der Waals surface area contributed by atoms with Crippen LogP contribution in [0.2, 0.25) is 0 Å². The first-order chi connectivity index (χ1) is 9.92. The number of halogens is 3. The second-order valence-electron chi connectivity index (χ2n) is 4.08. The van der Waals surface area contributed by atoms with E-state index in [1.54, 1.807) is 12.1 Å². The van der Waals surface area contributed by atoms with E-state index in [0.29, 0.717) is 20.4 Å². The zero-order chi connectivity index (χ0) is 15.6. The fourth-order valence-corrected chi connectivity index (χ4v) is 2.92. The van der Waals surface area contributed by atoms with Crippen molar-refractivity contribution in [2.24, 2.45) is 0 Å². The summed E-state index contributed by atoms with van der Waals surface area (Å²) in [6, 6.07) is 6.48. The van der Waals surface area contributed by atoms with E-state index >= 15 is 0 Å². The van der Waals surface area contributed by atoms with E-state index in [1.807, 2.05) is 0 Å². The minimum atomic E-state index is -0.628. The van der Waals surface area contributed by atoms with E-state index in [1.165, 1.54) is 7.11 Å². The fraction of sp³-hybridized carbons (Fsp3) is 0.0714. The van der Waals surface area contributed by atoms with Crippen LogP contribution >= 0.6 is 31.9 Å². The minimum Gasteiger partial charge on any atom is -0.507 e. The molecule has 0 aliphatic carbocycles. The van der Waals surface area contributed by atoms with E-state index in [4.69, 9.17) is 4.74 Å². The van der Waals surface area contributed by atoms with Crippen LogP contribution in [0.25, 0.3) is 0 Å². The zero-order valence-corrected chi connectivity index (χ0v) is 14.0. The molecule has 0 bridgehead atoms. The maximum atomic E-state index is 13.2. The quantitative estimate of drug-likeness (QED) is 0.780. The molecular weight excluding hydrogens is 409 g/mol. The molecule has 0 radical (unpaired) electrons. The number of amides is 1. The molecule has 0 aromatic heterocycles. The normalized spacial score (nSPS) is 10.3. The number of ether oxygens (including phenoxy) is 1. The third kappa shape index (κ3) is 3.54. The molecule has 2 aromatic rings. The topological polar surface area (TPSA) is 58.6 Å². The average molecular weight is 419 g/mol. The predicted molar refractivity (Wildman–Crippen MR) is 84.4 cm³/mol. The Kier molecular flexibility index (Phi) is 4.84. The SMILES string of the molecule is COc1cc(NC(=O)c2cc(F)ccc2O)c(Br)cc1Br. The Morgan fingerprint density at radius 3 is 2.62 bits per heavy atom. The van der Waals surface area contributed by atoms with Crippen molar-refractivity contribution in [2.45, 2.75) is 0 Å². The van der Waals surface area contributed by atoms with Gasteiger partial charge in [0.1, 0.15) is 17.3 Å². The van der Waals surface area contributed by atoms with E-state index < -0.39 is 11.7 Å². The number of methoxy groups -OCH3 is 1. The molecule has 2 aromatic carbocycles. The number of carbonyl (C=O) groups excluding carboxylic acids is 1. The highest BCUT2D eigenvalue weighted by Crippen LogP contribution is 2.35. The van der Waals surface area contributed by atoms with Gasteiger partial charge >= 0.3 is 0 Å². The summed E-state index contributed by atoms with van der Waals surface area (Å²) >= 11 is 6.62. The highest BCUT2D eigenvalue weighted by molar-refractivity contribution is 9.11. The molecule has 0 fully saturated rings. The maximum Gasteiger partial charge on any atom is 0.259 e. The van der Waals surface area contributed by atoms with Crippen molar-refractivity contribution in [3.05, 3.63) is 50.7 Å². The molecule has 0 heterocycles. The molecule has 0 aliphatic rings. The van der Waals surface area contributed by atoms with Gasteiger partial charge in [-0.2, -0.15) is 0 Å². The molecule has 1 amide bonds. The molecule has 0 unspecified atom stereocenters. The van der Waals surface area contributed by atoms with Crippen LogP contribution in [0.4, 0.5) is 10.1 Å². The standard InChI is InChI=1S/C14H10Br2FNO3/c1-21-13-6-11(9(15)5-10(13)16)18-14(20)8-4-7(17)2-3-12(8)19/h2-6,19H,1H3,(H,18,20). The molecule has 7 heteroatoms. The van der Waals surface area contributed by atoms with Gasteiger partial charge in [0.25, 0.3) is 5.91 Å². The van der Waals surface area contributed by atoms with Gasteiger partial charge in [-0.25, -0.2) is 4.39 Å². The van der Waals surface area contributed by atoms with Gasteiger partial charge < -0.3 is 15.2 Å². The fourth-order valence-electron chi connectivity index (χ4n) is 1.66. The third-order valence-electron chi connectivity index (χ3n) is 2.69. The second kappa shape index (κ2) is 6.44. The number of phenols is 1. The van der Waals surface area contributed by atoms with Crippen LogP contribution in [-0.2, 0) is 0 Å². The largest absolute Gasteiger partial charge is 0.507 e. The molecule has 4 nitrogen and oxygen atoms in total. The van der Waals surface area contributed by atoms with Crippen LogP contribution in [0.3, 0.4) is 0 Å². The molecule has 110 valence electrons. The lowest BCUT2D eigenvalue weighted by Gasteiger charge is -2.11. The lowest BCUT2D eigenvalue weighted by molar-refractivity contribution is 0.102. The van der Waals surface area contributed by atoms with Crippen molar-refractivity contribution in [1.29, 1.82) is 0 Å². The van der Waals surface area contributed by atoms with Gasteiger partial charge in [-0.05, 0) is 56.1 Å². The Bertz CT molecular complexity index is 707. The van der Waals surface area contributed by atoms with Crippen LogP contribution in [-0.4, -0.2) is 18.1 Å². The molecule has 0 atom stereocenters. The summed E-state index contributed by atoms with van der Waals surface area (Å²) in [6.07, 6.45) is 0. The molecule has 0 aliphatic heterocycles. The van der Waals surface area contributed by atoms with Gasteiger partial charge in [-0.1, -0.05) is 0 Å². The molecule has 2 rings (SSSR count). The van der Waals surface area contributed by atoms with Gasteiger partial charge in [0.05, 0.1) is 22.8 Å². The van der Waals surface area contributed by atoms with Crippen molar-refractivity contribution >= 4 is 43.5 Å². The summed E-state index contributed by atoms with van der Waals surface area (Å²) in [6.45, 7) is 0. The number of anilines is 1. The Balaban J connectivity index is 2.33. The highest BCUT2D eigenvalue weighted by Gasteiger charge is 2.15. The van der Waals surface area contributed by atoms with Crippen LogP contribution < -0.4 is 10.1 Å². The second-order valence-corrected chi connectivity index (χ2v) is 5.79. The maximum absolute atomic E-state index is 13.2. The third-order valence-corrected chi connectivity index (χ3v) is 3.97. The van der Waals surface area contributed by atoms with Gasteiger partial charge in [0.15, 0.2) is 0 Å². The first-order valence-corrected chi connectivity index (χ1v) is 7.34. The lowest BCUT2D eigenvalue weighted by atomic mass is 10.1. The number of nitrogens with one attached hydrogen (secondary N) is 1. The number of carbonyl (C=O) groups is 1. The summed E-state index contributed by atoms with van der Waals surface area (Å²) in [5.41, 5.74) is 0.285. The van der Waals surface area contributed by atoms with Gasteiger partial charge in [0, 0.05) is 10.5 Å². The zero-order valence-electron chi connectivity index (χ0n) is 10.8. The van der Waals surface area contributed by atoms with Crippen LogP contribution in [0.1, 0.15) is 10.4 Å². The van der Waals surface area contributed by atoms with Gasteiger partial charge in [0.2, 0.25) is 0 Å². The molecule has 2 N–H and O–H groups in total. The van der Waals surface area contributed by atoms with E-state index in [0.717, 1.165) is 18.2 Å². The van der Waals surface area contributed by atoms with Crippen LogP contribution in [0, 0.1) is 5.82 Å². The Morgan fingerprint density at radius 2 is 1.95 bits per heavy atom. The number of benzene rings is 2. The summed E-state index contributed by atoms with van der Waals surface area (Å²) in [4.78, 5) is 12.1. The van der Waals surface area contributed by atoms with E-state index in [-0.39, 0.29) is 11.3 Å². The smallest absolute Gasteiger partial charge is 0.259 e. The van der Waals surface area contributed by atoms with Gasteiger partial charge in [-0.15, -0.1) is 0 Å². The molecule has 21 heavy (non-hydrogen) atoms. The first-order valence-electron chi connectivity index (χ1n) is 5.75. The molecule has 0 saturated heterocycles. The monoisotopic (exact) mass is 417 g/mol. The van der Waals surface area contributed by atoms with Gasteiger partial charge in [-0.3, -0.25) is 4.79 Å². The van der Waals surface area contributed by atoms with Crippen molar-refractivity contribution < 1.29 is 19.0 Å². The Morgan fingerprint density at radius 1 is 1.24 bits per heavy atom. The summed E-state index contributed by atoms with van der Waals surface area (Å²) in [5, 5.41) is 12.2. The summed E-state index contributed by atoms with van der Waals surface area (Å²) in [5.74, 6) is -1.01. The minimum absolute atomic E-state index is 0.149. The number of rotatable bonds is 3. The number of aromatic hydroxyl groups is 1. The summed E-state index contributed by atoms with van der Waals surface area (Å²) < 4.78 is 19.6.